The maximum Gasteiger partial charge on any atom is 0.267 e. The van der Waals surface area contributed by atoms with E-state index in [0.29, 0.717) is 5.70 Å². The zero-order valence-electron chi connectivity index (χ0n) is 13.3. The topological polar surface area (TPSA) is 41.1 Å². The van der Waals surface area contributed by atoms with Crippen LogP contribution in [-0.4, -0.2) is 5.91 Å². The molecule has 0 aromatic heterocycles. The van der Waals surface area contributed by atoms with Gasteiger partial charge in [-0.1, -0.05) is 54.6 Å². The van der Waals surface area contributed by atoms with Gasteiger partial charge in [-0.05, 0) is 38.0 Å². The number of amides is 1. The van der Waals surface area contributed by atoms with Crippen LogP contribution in [0.15, 0.2) is 60.8 Å². The molecule has 0 saturated carbocycles. The second-order valence-electron chi connectivity index (χ2n) is 5.53. The monoisotopic (exact) mass is 294 g/mol. The predicted molar refractivity (Wildman–Crippen MR) is 91.7 cm³/mol. The van der Waals surface area contributed by atoms with E-state index in [1.165, 1.54) is 5.56 Å². The second-order valence-corrected chi connectivity index (χ2v) is 5.53. The van der Waals surface area contributed by atoms with E-state index in [2.05, 4.69) is 23.3 Å². The zero-order chi connectivity index (χ0) is 16.1. The van der Waals surface area contributed by atoms with Crippen molar-refractivity contribution in [1.29, 1.82) is 0 Å². The molecule has 0 saturated heterocycles. The van der Waals surface area contributed by atoms with Gasteiger partial charge in [0, 0.05) is 5.69 Å². The molecule has 114 valence electrons. The average Bonchev–Trinajstić information content (AvgIpc) is 2.50. The van der Waals surface area contributed by atoms with Gasteiger partial charge in [-0.3, -0.25) is 4.79 Å². The van der Waals surface area contributed by atoms with Crippen LogP contribution in [0.3, 0.4) is 0 Å². The van der Waals surface area contributed by atoms with Crippen LogP contribution in [0.4, 0.5) is 5.69 Å². The van der Waals surface area contributed by atoms with Gasteiger partial charge in [0.15, 0.2) is 0 Å². The molecule has 2 aromatic rings. The van der Waals surface area contributed by atoms with Crippen molar-refractivity contribution < 1.29 is 4.79 Å². The molecule has 1 amide bonds. The minimum absolute atomic E-state index is 0.0636. The molecule has 3 heteroatoms. The van der Waals surface area contributed by atoms with E-state index in [-0.39, 0.29) is 11.9 Å². The Morgan fingerprint density at radius 3 is 2.41 bits per heavy atom. The van der Waals surface area contributed by atoms with Crippen LogP contribution in [-0.2, 0) is 4.79 Å². The minimum atomic E-state index is -0.198. The Morgan fingerprint density at radius 2 is 1.77 bits per heavy atom. The Balaban J connectivity index is 1.99. The summed E-state index contributed by atoms with van der Waals surface area (Å²) in [6.45, 7) is 9.84. The SMILES string of the molecule is C=C(Nc1ccc(C)cc1C)C(=O)NC(C)c1ccccc1. The summed E-state index contributed by atoms with van der Waals surface area (Å²) in [5.41, 5.74) is 4.59. The lowest BCUT2D eigenvalue weighted by molar-refractivity contribution is -0.117. The Morgan fingerprint density at radius 1 is 1.09 bits per heavy atom. The smallest absolute Gasteiger partial charge is 0.267 e. The molecule has 22 heavy (non-hydrogen) atoms. The van der Waals surface area contributed by atoms with Crippen molar-refractivity contribution in [3.63, 3.8) is 0 Å². The minimum Gasteiger partial charge on any atom is -0.351 e. The molecule has 2 N–H and O–H groups in total. The number of nitrogens with one attached hydrogen (secondary N) is 2. The first-order valence-electron chi connectivity index (χ1n) is 7.36. The first-order valence-corrected chi connectivity index (χ1v) is 7.36. The van der Waals surface area contributed by atoms with Crippen LogP contribution in [0.2, 0.25) is 0 Å². The summed E-state index contributed by atoms with van der Waals surface area (Å²) >= 11 is 0. The average molecular weight is 294 g/mol. The van der Waals surface area contributed by atoms with Gasteiger partial charge < -0.3 is 10.6 Å². The molecule has 0 radical (unpaired) electrons. The van der Waals surface area contributed by atoms with Gasteiger partial charge in [0.05, 0.1) is 11.7 Å². The highest BCUT2D eigenvalue weighted by molar-refractivity contribution is 5.96. The Bertz CT molecular complexity index is 677. The molecule has 0 heterocycles. The molecule has 0 fully saturated rings. The van der Waals surface area contributed by atoms with Gasteiger partial charge >= 0.3 is 0 Å². The standard InChI is InChI=1S/C19H22N2O/c1-13-10-11-18(14(2)12-13)20-16(4)19(22)21-15(3)17-8-6-5-7-9-17/h5-12,15,20H,4H2,1-3H3,(H,21,22). The largest absolute Gasteiger partial charge is 0.351 e. The molecule has 2 aromatic carbocycles. The molecule has 0 bridgehead atoms. The summed E-state index contributed by atoms with van der Waals surface area (Å²) in [7, 11) is 0. The number of hydrogen-bond acceptors (Lipinski definition) is 2. The zero-order valence-corrected chi connectivity index (χ0v) is 13.3. The fourth-order valence-corrected chi connectivity index (χ4v) is 2.28. The maximum absolute atomic E-state index is 12.2. The van der Waals surface area contributed by atoms with Crippen molar-refractivity contribution in [3.8, 4) is 0 Å². The van der Waals surface area contributed by atoms with E-state index in [1.54, 1.807) is 0 Å². The molecule has 1 unspecified atom stereocenters. The normalized spacial score (nSPS) is 11.6. The van der Waals surface area contributed by atoms with Crippen molar-refractivity contribution in [3.05, 3.63) is 77.5 Å². The molecule has 1 atom stereocenters. The van der Waals surface area contributed by atoms with Crippen LogP contribution in [0.1, 0.15) is 29.7 Å². The molecule has 0 aliphatic carbocycles. The van der Waals surface area contributed by atoms with Crippen molar-refractivity contribution in [1.82, 2.24) is 5.32 Å². The summed E-state index contributed by atoms with van der Waals surface area (Å²) in [6, 6.07) is 15.8. The molecule has 0 spiro atoms. The van der Waals surface area contributed by atoms with Gasteiger partial charge in [0.1, 0.15) is 0 Å². The highest BCUT2D eigenvalue weighted by Gasteiger charge is 2.12. The summed E-state index contributed by atoms with van der Waals surface area (Å²) in [5, 5.41) is 6.03. The first kappa shape index (κ1) is 15.8. The van der Waals surface area contributed by atoms with Crippen LogP contribution in [0.5, 0.6) is 0 Å². The van der Waals surface area contributed by atoms with E-state index in [4.69, 9.17) is 0 Å². The number of anilines is 1. The highest BCUT2D eigenvalue weighted by Crippen LogP contribution is 2.18. The van der Waals surface area contributed by atoms with E-state index >= 15 is 0 Å². The molecule has 0 aliphatic rings. The fourth-order valence-electron chi connectivity index (χ4n) is 2.28. The number of rotatable bonds is 5. The van der Waals surface area contributed by atoms with Gasteiger partial charge in [0.2, 0.25) is 0 Å². The van der Waals surface area contributed by atoms with Crippen LogP contribution in [0.25, 0.3) is 0 Å². The third-order valence-corrected chi connectivity index (χ3v) is 3.59. The van der Waals surface area contributed by atoms with E-state index < -0.39 is 0 Å². The van der Waals surface area contributed by atoms with Gasteiger partial charge in [-0.15, -0.1) is 0 Å². The fraction of sp³-hybridized carbons (Fsp3) is 0.211. The highest BCUT2D eigenvalue weighted by atomic mass is 16.2. The first-order chi connectivity index (χ1) is 10.5. The van der Waals surface area contributed by atoms with Gasteiger partial charge in [-0.2, -0.15) is 0 Å². The van der Waals surface area contributed by atoms with Crippen molar-refractivity contribution in [2.75, 3.05) is 5.32 Å². The van der Waals surface area contributed by atoms with Crippen molar-refractivity contribution in [2.45, 2.75) is 26.8 Å². The lowest BCUT2D eigenvalue weighted by Crippen LogP contribution is -2.30. The number of carbonyl (C=O) groups excluding carboxylic acids is 1. The lowest BCUT2D eigenvalue weighted by Gasteiger charge is -2.17. The molecular formula is C19H22N2O. The number of hydrogen-bond donors (Lipinski definition) is 2. The van der Waals surface area contributed by atoms with Crippen LogP contribution >= 0.6 is 0 Å². The van der Waals surface area contributed by atoms with Crippen LogP contribution in [0, 0.1) is 13.8 Å². The summed E-state index contributed by atoms with van der Waals surface area (Å²) in [5.74, 6) is -0.198. The predicted octanol–water partition coefficient (Wildman–Crippen LogP) is 4.11. The Kier molecular flexibility index (Phi) is 4.99. The third-order valence-electron chi connectivity index (χ3n) is 3.59. The number of aryl methyl sites for hydroxylation is 2. The van der Waals surface area contributed by atoms with E-state index in [9.17, 15) is 4.79 Å². The molecule has 2 rings (SSSR count). The van der Waals surface area contributed by atoms with Gasteiger partial charge in [-0.25, -0.2) is 0 Å². The third kappa shape index (κ3) is 3.98. The maximum atomic E-state index is 12.2. The molecule has 3 nitrogen and oxygen atoms in total. The molecule has 0 aliphatic heterocycles. The van der Waals surface area contributed by atoms with Gasteiger partial charge in [0.25, 0.3) is 5.91 Å². The lowest BCUT2D eigenvalue weighted by atomic mass is 10.1. The van der Waals surface area contributed by atoms with Crippen molar-refractivity contribution >= 4 is 11.6 Å². The Labute approximate surface area is 132 Å². The summed E-state index contributed by atoms with van der Waals surface area (Å²) in [4.78, 5) is 12.2. The van der Waals surface area contributed by atoms with Crippen molar-refractivity contribution in [2.24, 2.45) is 0 Å². The Hall–Kier alpha value is -2.55. The summed E-state index contributed by atoms with van der Waals surface area (Å²) < 4.78 is 0. The van der Waals surface area contributed by atoms with E-state index in [0.717, 1.165) is 16.8 Å². The van der Waals surface area contributed by atoms with Crippen LogP contribution < -0.4 is 10.6 Å². The number of carbonyl (C=O) groups is 1. The quantitative estimate of drug-likeness (QED) is 0.815. The van der Waals surface area contributed by atoms with E-state index in [1.807, 2.05) is 63.2 Å². The molecular weight excluding hydrogens is 272 g/mol. The second kappa shape index (κ2) is 6.94. The number of benzene rings is 2. The summed E-state index contributed by atoms with van der Waals surface area (Å²) in [6.07, 6.45) is 0.